The number of fused-ring (bicyclic) bond motifs is 1. The predicted molar refractivity (Wildman–Crippen MR) is 81.7 cm³/mol. The van der Waals surface area contributed by atoms with Crippen LogP contribution >= 0.6 is 11.3 Å². The zero-order valence-electron chi connectivity index (χ0n) is 11.9. The molecule has 20 heavy (non-hydrogen) atoms. The van der Waals surface area contributed by atoms with Gasteiger partial charge in [0.15, 0.2) is 0 Å². The van der Waals surface area contributed by atoms with Crippen LogP contribution in [0.2, 0.25) is 0 Å². The van der Waals surface area contributed by atoms with Gasteiger partial charge in [0.25, 0.3) is 0 Å². The predicted octanol–water partition coefficient (Wildman–Crippen LogP) is 1.45. The maximum Gasteiger partial charge on any atom is 0.237 e. The summed E-state index contributed by atoms with van der Waals surface area (Å²) in [5.74, 6) is 0.263. The lowest BCUT2D eigenvalue weighted by Gasteiger charge is -2.37. The molecule has 1 saturated heterocycles. The van der Waals surface area contributed by atoms with Gasteiger partial charge in [-0.15, -0.1) is 11.3 Å². The lowest BCUT2D eigenvalue weighted by atomic mass is 10.0. The van der Waals surface area contributed by atoms with Crippen LogP contribution in [0.4, 0.5) is 0 Å². The van der Waals surface area contributed by atoms with Crippen molar-refractivity contribution in [2.24, 2.45) is 5.73 Å². The Hall–Kier alpha value is -0.910. The Morgan fingerprint density at radius 3 is 3.15 bits per heavy atom. The Morgan fingerprint density at radius 1 is 1.40 bits per heavy atom. The van der Waals surface area contributed by atoms with Crippen molar-refractivity contribution in [3.05, 3.63) is 21.9 Å². The van der Waals surface area contributed by atoms with E-state index in [1.54, 1.807) is 0 Å². The van der Waals surface area contributed by atoms with E-state index >= 15 is 0 Å². The standard InChI is InChI=1S/C15H23N3OS/c16-9-13-3-1-2-6-18(13)15(19)11-17-7-4-14-12(10-17)5-8-20-14/h5,8,13H,1-4,6-7,9-11,16H2/t13-/m0/s1. The van der Waals surface area contributed by atoms with Gasteiger partial charge in [-0.3, -0.25) is 9.69 Å². The van der Waals surface area contributed by atoms with Crippen LogP contribution in [0.25, 0.3) is 0 Å². The number of thiophene rings is 1. The molecule has 1 amide bonds. The average Bonchev–Trinajstić information content (AvgIpc) is 2.94. The highest BCUT2D eigenvalue weighted by Crippen LogP contribution is 2.24. The summed E-state index contributed by atoms with van der Waals surface area (Å²) >= 11 is 1.84. The lowest BCUT2D eigenvalue weighted by molar-refractivity contribution is -0.136. The number of piperidine rings is 1. The first-order chi connectivity index (χ1) is 9.78. The molecule has 2 N–H and O–H groups in total. The van der Waals surface area contributed by atoms with E-state index in [9.17, 15) is 4.79 Å². The van der Waals surface area contributed by atoms with Crippen molar-refractivity contribution in [2.45, 2.75) is 38.3 Å². The minimum absolute atomic E-state index is 0.262. The van der Waals surface area contributed by atoms with E-state index in [0.717, 1.165) is 38.9 Å². The van der Waals surface area contributed by atoms with Gasteiger partial charge in [0, 0.05) is 37.1 Å². The molecule has 0 unspecified atom stereocenters. The van der Waals surface area contributed by atoms with Gasteiger partial charge in [0.1, 0.15) is 0 Å². The van der Waals surface area contributed by atoms with Crippen molar-refractivity contribution >= 4 is 17.2 Å². The summed E-state index contributed by atoms with van der Waals surface area (Å²) in [5, 5.41) is 2.16. The van der Waals surface area contributed by atoms with Gasteiger partial charge in [0.05, 0.1) is 6.54 Å². The van der Waals surface area contributed by atoms with Crippen LogP contribution in [-0.2, 0) is 17.8 Å². The quantitative estimate of drug-likeness (QED) is 0.917. The van der Waals surface area contributed by atoms with Crippen LogP contribution in [0, 0.1) is 0 Å². The molecule has 0 bridgehead atoms. The van der Waals surface area contributed by atoms with Crippen molar-refractivity contribution in [3.63, 3.8) is 0 Å². The van der Waals surface area contributed by atoms with E-state index in [0.29, 0.717) is 13.1 Å². The van der Waals surface area contributed by atoms with E-state index in [2.05, 4.69) is 16.3 Å². The van der Waals surface area contributed by atoms with Gasteiger partial charge in [-0.1, -0.05) is 0 Å². The first-order valence-electron chi connectivity index (χ1n) is 7.55. The second-order valence-corrected chi connectivity index (χ2v) is 6.80. The molecule has 3 rings (SSSR count). The van der Waals surface area contributed by atoms with Gasteiger partial charge in [-0.2, -0.15) is 0 Å². The van der Waals surface area contributed by atoms with Gasteiger partial charge in [-0.25, -0.2) is 0 Å². The minimum Gasteiger partial charge on any atom is -0.337 e. The molecule has 0 aromatic carbocycles. The van der Waals surface area contributed by atoms with Gasteiger partial charge in [-0.05, 0) is 42.7 Å². The monoisotopic (exact) mass is 293 g/mol. The van der Waals surface area contributed by atoms with Gasteiger partial charge >= 0.3 is 0 Å². The molecule has 2 aliphatic heterocycles. The fourth-order valence-corrected chi connectivity index (χ4v) is 4.19. The number of rotatable bonds is 3. The summed E-state index contributed by atoms with van der Waals surface area (Å²) in [4.78, 5) is 18.3. The zero-order valence-corrected chi connectivity index (χ0v) is 12.7. The highest BCUT2D eigenvalue weighted by atomic mass is 32.1. The van der Waals surface area contributed by atoms with Crippen LogP contribution in [0.15, 0.2) is 11.4 Å². The fourth-order valence-electron chi connectivity index (χ4n) is 3.30. The maximum atomic E-state index is 12.5. The fraction of sp³-hybridized carbons (Fsp3) is 0.667. The molecule has 2 aliphatic rings. The summed E-state index contributed by atoms with van der Waals surface area (Å²) in [5.41, 5.74) is 7.21. The van der Waals surface area contributed by atoms with Crippen molar-refractivity contribution in [1.29, 1.82) is 0 Å². The number of nitrogens with zero attached hydrogens (tertiary/aromatic N) is 2. The lowest BCUT2D eigenvalue weighted by Crippen LogP contribution is -2.51. The van der Waals surface area contributed by atoms with Crippen LogP contribution in [-0.4, -0.2) is 47.9 Å². The van der Waals surface area contributed by atoms with Crippen LogP contribution in [0.3, 0.4) is 0 Å². The summed E-state index contributed by atoms with van der Waals surface area (Å²) in [6, 6.07) is 2.46. The van der Waals surface area contributed by atoms with Crippen molar-refractivity contribution < 1.29 is 4.79 Å². The molecule has 1 fully saturated rings. The Bertz CT molecular complexity index is 473. The molecule has 5 heteroatoms. The Kier molecular flexibility index (Phi) is 4.38. The molecule has 1 aromatic heterocycles. The molecule has 0 aliphatic carbocycles. The van der Waals surface area contributed by atoms with Gasteiger partial charge in [0.2, 0.25) is 5.91 Å². The third kappa shape index (κ3) is 2.90. The molecular weight excluding hydrogens is 270 g/mol. The third-order valence-electron chi connectivity index (χ3n) is 4.47. The SMILES string of the molecule is NC[C@@H]1CCCCN1C(=O)CN1CCc2sccc2C1. The normalized spacial score (nSPS) is 23.6. The molecule has 0 spiro atoms. The van der Waals surface area contributed by atoms with Crippen LogP contribution in [0.1, 0.15) is 29.7 Å². The molecule has 1 aromatic rings. The van der Waals surface area contributed by atoms with Gasteiger partial charge < -0.3 is 10.6 Å². The number of carbonyl (C=O) groups excluding carboxylic acids is 1. The average molecular weight is 293 g/mol. The number of hydrogen-bond donors (Lipinski definition) is 1. The summed E-state index contributed by atoms with van der Waals surface area (Å²) in [7, 11) is 0. The van der Waals surface area contributed by atoms with Crippen LogP contribution in [0.5, 0.6) is 0 Å². The van der Waals surface area contributed by atoms with Crippen molar-refractivity contribution in [1.82, 2.24) is 9.80 Å². The largest absolute Gasteiger partial charge is 0.337 e. The first-order valence-corrected chi connectivity index (χ1v) is 8.43. The van der Waals surface area contributed by atoms with Crippen LogP contribution < -0.4 is 5.73 Å². The topological polar surface area (TPSA) is 49.6 Å². The molecular formula is C15H23N3OS. The molecule has 1 atom stereocenters. The van der Waals surface area contributed by atoms with E-state index in [4.69, 9.17) is 5.73 Å². The second-order valence-electron chi connectivity index (χ2n) is 5.80. The molecule has 110 valence electrons. The summed E-state index contributed by atoms with van der Waals surface area (Å²) in [6.07, 6.45) is 4.47. The molecule has 4 nitrogen and oxygen atoms in total. The molecule has 0 saturated carbocycles. The molecule has 0 radical (unpaired) electrons. The molecule has 3 heterocycles. The Balaban J connectivity index is 1.59. The number of amides is 1. The minimum atomic E-state index is 0.262. The van der Waals surface area contributed by atoms with Crippen molar-refractivity contribution in [2.75, 3.05) is 26.2 Å². The number of nitrogens with two attached hydrogens (primary N) is 1. The zero-order chi connectivity index (χ0) is 13.9. The first kappa shape index (κ1) is 14.0. The highest BCUT2D eigenvalue weighted by molar-refractivity contribution is 7.10. The smallest absolute Gasteiger partial charge is 0.237 e. The van der Waals surface area contributed by atoms with E-state index < -0.39 is 0 Å². The second kappa shape index (κ2) is 6.24. The third-order valence-corrected chi connectivity index (χ3v) is 5.49. The Morgan fingerprint density at radius 2 is 2.30 bits per heavy atom. The maximum absolute atomic E-state index is 12.5. The van der Waals surface area contributed by atoms with E-state index in [1.165, 1.54) is 16.9 Å². The summed E-state index contributed by atoms with van der Waals surface area (Å²) in [6.45, 7) is 3.95. The number of carbonyl (C=O) groups is 1. The number of likely N-dealkylation sites (tertiary alicyclic amines) is 1. The Labute approximate surface area is 124 Å². The summed E-state index contributed by atoms with van der Waals surface area (Å²) < 4.78 is 0. The highest BCUT2D eigenvalue weighted by Gasteiger charge is 2.27. The van der Waals surface area contributed by atoms with E-state index in [1.807, 2.05) is 16.2 Å². The van der Waals surface area contributed by atoms with Crippen molar-refractivity contribution in [3.8, 4) is 0 Å². The number of hydrogen-bond acceptors (Lipinski definition) is 4. The van der Waals surface area contributed by atoms with E-state index in [-0.39, 0.29) is 11.9 Å².